The molecule has 0 atom stereocenters. The Kier molecular flexibility index (Phi) is 6.01. The van der Waals surface area contributed by atoms with Gasteiger partial charge in [-0.25, -0.2) is 9.97 Å². The van der Waals surface area contributed by atoms with Crippen molar-refractivity contribution < 1.29 is 0 Å². The molecule has 0 fully saturated rings. The Morgan fingerprint density at radius 2 is 1.58 bits per heavy atom. The zero-order valence-electron chi connectivity index (χ0n) is 12.8. The third-order valence-corrected chi connectivity index (χ3v) is 3.52. The third kappa shape index (κ3) is 4.62. The Bertz CT molecular complexity index is 410. The van der Waals surface area contributed by atoms with Crippen LogP contribution in [0, 0.1) is 13.8 Å². The quantitative estimate of drug-likeness (QED) is 0.870. The molecule has 1 heterocycles. The molecule has 0 spiro atoms. The molecular formula is C14H25ClN4. The second-order valence-corrected chi connectivity index (χ2v) is 5.74. The highest BCUT2D eigenvalue weighted by Gasteiger charge is 2.13. The number of nitrogens with zero attached hydrogens (tertiary/aromatic N) is 3. The van der Waals surface area contributed by atoms with Gasteiger partial charge in [0.2, 0.25) is 0 Å². The Morgan fingerprint density at radius 1 is 1.05 bits per heavy atom. The molecule has 0 aliphatic heterocycles. The molecule has 1 rings (SSSR count). The molecule has 0 aliphatic carbocycles. The summed E-state index contributed by atoms with van der Waals surface area (Å²) in [6, 6.07) is 1.06. The summed E-state index contributed by atoms with van der Waals surface area (Å²) in [7, 11) is 0. The van der Waals surface area contributed by atoms with Gasteiger partial charge in [0.25, 0.3) is 0 Å². The van der Waals surface area contributed by atoms with Gasteiger partial charge in [-0.2, -0.15) is 0 Å². The van der Waals surface area contributed by atoms with Gasteiger partial charge in [-0.15, -0.1) is 0 Å². The number of anilines is 1. The van der Waals surface area contributed by atoms with Crippen molar-refractivity contribution in [3.8, 4) is 0 Å². The third-order valence-electron chi connectivity index (χ3n) is 3.25. The van der Waals surface area contributed by atoms with Gasteiger partial charge < -0.3 is 5.32 Å². The Morgan fingerprint density at radius 3 is 2.11 bits per heavy atom. The first kappa shape index (κ1) is 16.2. The number of nitrogens with one attached hydrogen (secondary N) is 1. The Labute approximate surface area is 121 Å². The van der Waals surface area contributed by atoms with Crippen LogP contribution in [0.25, 0.3) is 0 Å². The second-order valence-electron chi connectivity index (χ2n) is 5.39. The van der Waals surface area contributed by atoms with E-state index in [1.54, 1.807) is 0 Å². The van der Waals surface area contributed by atoms with Gasteiger partial charge >= 0.3 is 0 Å². The zero-order chi connectivity index (χ0) is 14.6. The molecule has 5 heteroatoms. The fourth-order valence-corrected chi connectivity index (χ4v) is 2.34. The normalized spacial score (nSPS) is 11.7. The largest absolute Gasteiger partial charge is 0.366 e. The van der Waals surface area contributed by atoms with Crippen LogP contribution in [-0.4, -0.2) is 40.0 Å². The first-order chi connectivity index (χ1) is 8.82. The van der Waals surface area contributed by atoms with Crippen LogP contribution in [0.1, 0.15) is 39.1 Å². The summed E-state index contributed by atoms with van der Waals surface area (Å²) < 4.78 is 0. The van der Waals surface area contributed by atoms with Gasteiger partial charge in [-0.1, -0.05) is 11.6 Å². The molecule has 0 saturated carbocycles. The van der Waals surface area contributed by atoms with Crippen molar-refractivity contribution in [1.29, 1.82) is 0 Å². The topological polar surface area (TPSA) is 41.1 Å². The van der Waals surface area contributed by atoms with Crippen LogP contribution in [0.3, 0.4) is 0 Å². The molecular weight excluding hydrogens is 260 g/mol. The smallest absolute Gasteiger partial charge is 0.171 e. The number of rotatable bonds is 6. The van der Waals surface area contributed by atoms with E-state index in [0.29, 0.717) is 23.1 Å². The number of aromatic nitrogens is 2. The lowest BCUT2D eigenvalue weighted by molar-refractivity contribution is 0.182. The second kappa shape index (κ2) is 7.06. The van der Waals surface area contributed by atoms with Crippen LogP contribution < -0.4 is 5.32 Å². The van der Waals surface area contributed by atoms with Crippen molar-refractivity contribution in [2.75, 3.05) is 18.4 Å². The highest BCUT2D eigenvalue weighted by molar-refractivity contribution is 6.31. The van der Waals surface area contributed by atoms with Crippen molar-refractivity contribution in [3.05, 3.63) is 16.5 Å². The molecule has 1 aromatic heterocycles. The van der Waals surface area contributed by atoms with E-state index < -0.39 is 0 Å². The number of aryl methyl sites for hydroxylation is 2. The average molecular weight is 285 g/mol. The minimum absolute atomic E-state index is 0.448. The van der Waals surface area contributed by atoms with E-state index in [-0.39, 0.29) is 0 Å². The fourth-order valence-electron chi connectivity index (χ4n) is 2.10. The number of hydrogen-bond donors (Lipinski definition) is 1. The molecule has 0 saturated heterocycles. The van der Waals surface area contributed by atoms with Crippen molar-refractivity contribution in [1.82, 2.24) is 14.9 Å². The molecule has 4 nitrogen and oxygen atoms in total. The molecule has 1 N–H and O–H groups in total. The molecule has 0 aromatic carbocycles. The first-order valence-corrected chi connectivity index (χ1v) is 7.21. The number of halogens is 1. The average Bonchev–Trinajstić information content (AvgIpc) is 2.29. The molecule has 108 valence electrons. The van der Waals surface area contributed by atoms with Crippen LogP contribution in [0.4, 0.5) is 5.82 Å². The maximum Gasteiger partial charge on any atom is 0.171 e. The molecule has 1 aromatic rings. The van der Waals surface area contributed by atoms with Crippen molar-refractivity contribution in [3.63, 3.8) is 0 Å². The SMILES string of the molecule is Cc1nc(Cl)c(NCCN(C(C)C)C(C)C)nc1C. The van der Waals surface area contributed by atoms with E-state index in [0.717, 1.165) is 24.5 Å². The lowest BCUT2D eigenvalue weighted by atomic mass is 10.2. The fraction of sp³-hybridized carbons (Fsp3) is 0.714. The Hall–Kier alpha value is -0.870. The summed E-state index contributed by atoms with van der Waals surface area (Å²) in [5.74, 6) is 0.678. The number of hydrogen-bond acceptors (Lipinski definition) is 4. The van der Waals surface area contributed by atoms with E-state index in [4.69, 9.17) is 11.6 Å². The predicted molar refractivity (Wildman–Crippen MR) is 82.0 cm³/mol. The summed E-state index contributed by atoms with van der Waals surface area (Å²) in [5.41, 5.74) is 1.79. The van der Waals surface area contributed by atoms with Crippen LogP contribution in [-0.2, 0) is 0 Å². The molecule has 19 heavy (non-hydrogen) atoms. The van der Waals surface area contributed by atoms with Crippen molar-refractivity contribution >= 4 is 17.4 Å². The van der Waals surface area contributed by atoms with Gasteiger partial charge in [-0.3, -0.25) is 4.90 Å². The minimum Gasteiger partial charge on any atom is -0.366 e. The highest BCUT2D eigenvalue weighted by Crippen LogP contribution is 2.18. The maximum atomic E-state index is 6.09. The van der Waals surface area contributed by atoms with Gasteiger partial charge in [0.05, 0.1) is 11.4 Å². The van der Waals surface area contributed by atoms with Gasteiger partial charge in [0.1, 0.15) is 0 Å². The zero-order valence-corrected chi connectivity index (χ0v) is 13.5. The Balaban J connectivity index is 2.60. The van der Waals surface area contributed by atoms with E-state index >= 15 is 0 Å². The molecule has 0 aliphatic rings. The van der Waals surface area contributed by atoms with Crippen LogP contribution in [0.2, 0.25) is 5.15 Å². The summed E-state index contributed by atoms with van der Waals surface area (Å²) >= 11 is 6.09. The first-order valence-electron chi connectivity index (χ1n) is 6.83. The van der Waals surface area contributed by atoms with E-state index in [9.17, 15) is 0 Å². The van der Waals surface area contributed by atoms with Crippen molar-refractivity contribution in [2.45, 2.75) is 53.6 Å². The predicted octanol–water partition coefficient (Wildman–Crippen LogP) is 3.28. The van der Waals surface area contributed by atoms with Crippen LogP contribution >= 0.6 is 11.6 Å². The van der Waals surface area contributed by atoms with Gasteiger partial charge in [0.15, 0.2) is 11.0 Å². The highest BCUT2D eigenvalue weighted by atomic mass is 35.5. The molecule has 0 amide bonds. The van der Waals surface area contributed by atoms with E-state index in [2.05, 4.69) is 47.9 Å². The monoisotopic (exact) mass is 284 g/mol. The molecule has 0 radical (unpaired) electrons. The van der Waals surface area contributed by atoms with Gasteiger partial charge in [-0.05, 0) is 41.5 Å². The van der Waals surface area contributed by atoms with Crippen molar-refractivity contribution in [2.24, 2.45) is 0 Å². The minimum atomic E-state index is 0.448. The van der Waals surface area contributed by atoms with Crippen LogP contribution in [0.15, 0.2) is 0 Å². The lowest BCUT2D eigenvalue weighted by Gasteiger charge is -2.30. The van der Waals surface area contributed by atoms with Gasteiger partial charge in [0, 0.05) is 25.2 Å². The molecule has 0 bridgehead atoms. The van der Waals surface area contributed by atoms with E-state index in [1.165, 1.54) is 0 Å². The summed E-state index contributed by atoms with van der Waals surface area (Å²) in [4.78, 5) is 11.1. The van der Waals surface area contributed by atoms with E-state index in [1.807, 2.05) is 13.8 Å². The standard InChI is InChI=1S/C14H25ClN4/c1-9(2)19(10(3)4)8-7-16-14-13(15)17-11(5)12(6)18-14/h9-10H,7-8H2,1-6H3,(H,16,18). The summed E-state index contributed by atoms with van der Waals surface area (Å²) in [6.45, 7) is 14.5. The summed E-state index contributed by atoms with van der Waals surface area (Å²) in [5, 5.41) is 3.72. The molecule has 0 unspecified atom stereocenters. The maximum absolute atomic E-state index is 6.09. The summed E-state index contributed by atoms with van der Waals surface area (Å²) in [6.07, 6.45) is 0. The lowest BCUT2D eigenvalue weighted by Crippen LogP contribution is -2.40. The van der Waals surface area contributed by atoms with Crippen LogP contribution in [0.5, 0.6) is 0 Å².